The maximum absolute atomic E-state index is 9.75. The number of rotatable bonds is 6. The van der Waals surface area contributed by atoms with E-state index in [0.717, 1.165) is 0 Å². The van der Waals surface area contributed by atoms with Gasteiger partial charge in [-0.05, 0) is 31.7 Å². The number of guanidine groups is 1. The topological polar surface area (TPSA) is 70.6 Å². The van der Waals surface area contributed by atoms with E-state index < -0.39 is 0 Å². The molecule has 2 unspecified atom stereocenters. The molecule has 0 bridgehead atoms. The summed E-state index contributed by atoms with van der Waals surface area (Å²) in [6.07, 6.45) is 7.95. The zero-order valence-corrected chi connectivity index (χ0v) is 14.2. The quantitative estimate of drug-likeness (QED) is 0.429. The lowest BCUT2D eigenvalue weighted by molar-refractivity contribution is 0.175. The minimum atomic E-state index is -0.341. The van der Waals surface area contributed by atoms with Gasteiger partial charge in [-0.1, -0.05) is 56.0 Å². The summed E-state index contributed by atoms with van der Waals surface area (Å²) in [4.78, 5) is 4.55. The van der Waals surface area contributed by atoms with Crippen molar-refractivity contribution in [1.82, 2.24) is 5.32 Å². The first-order valence-electron chi connectivity index (χ1n) is 8.94. The Morgan fingerprint density at radius 1 is 1.22 bits per heavy atom. The van der Waals surface area contributed by atoms with Crippen LogP contribution >= 0.6 is 0 Å². The normalized spacial score (nSPS) is 19.8. The number of nitrogens with zero attached hydrogens (tertiary/aromatic N) is 1. The molecular formula is C19H31N3O. The van der Waals surface area contributed by atoms with Gasteiger partial charge in [0.2, 0.25) is 0 Å². The summed E-state index contributed by atoms with van der Waals surface area (Å²) < 4.78 is 0. The van der Waals surface area contributed by atoms with Crippen molar-refractivity contribution in [1.29, 1.82) is 0 Å². The highest BCUT2D eigenvalue weighted by atomic mass is 16.3. The highest BCUT2D eigenvalue weighted by molar-refractivity contribution is 5.78. The third-order valence-electron chi connectivity index (χ3n) is 4.59. The Kier molecular flexibility index (Phi) is 7.40. The van der Waals surface area contributed by atoms with Gasteiger partial charge in [0, 0.05) is 18.5 Å². The van der Waals surface area contributed by atoms with Gasteiger partial charge in [-0.25, -0.2) is 0 Å². The van der Waals surface area contributed by atoms with Crippen LogP contribution in [0.15, 0.2) is 35.3 Å². The molecule has 1 fully saturated rings. The molecule has 1 aromatic carbocycles. The van der Waals surface area contributed by atoms with Gasteiger partial charge in [0.25, 0.3) is 0 Å². The Balaban J connectivity index is 1.92. The van der Waals surface area contributed by atoms with E-state index in [9.17, 15) is 5.11 Å². The lowest BCUT2D eigenvalue weighted by Gasteiger charge is -2.19. The standard InChI is InChI=1S/C19H31N3O/c1-15(23)13-17(16-9-5-4-6-10-16)14-21-19(20)22-18-11-7-2-3-8-12-18/h4-6,9-10,15,17-18,23H,2-3,7-8,11-14H2,1H3,(H3,20,21,22). The first kappa shape index (κ1) is 17.8. The molecule has 4 heteroatoms. The fourth-order valence-electron chi connectivity index (χ4n) is 3.34. The Labute approximate surface area is 140 Å². The summed E-state index contributed by atoms with van der Waals surface area (Å²) in [5.74, 6) is 0.745. The summed E-state index contributed by atoms with van der Waals surface area (Å²) in [6, 6.07) is 10.7. The van der Waals surface area contributed by atoms with Crippen LogP contribution in [0.3, 0.4) is 0 Å². The van der Waals surface area contributed by atoms with E-state index >= 15 is 0 Å². The lowest BCUT2D eigenvalue weighted by Crippen LogP contribution is -2.40. The van der Waals surface area contributed by atoms with Crippen molar-refractivity contribution in [2.75, 3.05) is 6.54 Å². The molecule has 2 rings (SSSR count). The highest BCUT2D eigenvalue weighted by Crippen LogP contribution is 2.22. The van der Waals surface area contributed by atoms with Crippen LogP contribution in [-0.2, 0) is 0 Å². The van der Waals surface area contributed by atoms with E-state index in [4.69, 9.17) is 5.73 Å². The Morgan fingerprint density at radius 3 is 2.48 bits per heavy atom. The van der Waals surface area contributed by atoms with Gasteiger partial charge in [-0.3, -0.25) is 4.99 Å². The predicted octanol–water partition coefficient (Wildman–Crippen LogP) is 3.17. The first-order chi connectivity index (χ1) is 11.1. The molecule has 0 heterocycles. The minimum absolute atomic E-state index is 0.200. The maximum atomic E-state index is 9.75. The van der Waals surface area contributed by atoms with Gasteiger partial charge >= 0.3 is 0 Å². The van der Waals surface area contributed by atoms with Crippen molar-refractivity contribution in [3.63, 3.8) is 0 Å². The average Bonchev–Trinajstić information content (AvgIpc) is 2.80. The number of aliphatic hydroxyl groups excluding tert-OH is 1. The van der Waals surface area contributed by atoms with Crippen LogP contribution < -0.4 is 11.1 Å². The van der Waals surface area contributed by atoms with Gasteiger partial charge in [0.15, 0.2) is 5.96 Å². The molecule has 1 aliphatic rings. The fourth-order valence-corrected chi connectivity index (χ4v) is 3.34. The molecule has 1 aliphatic carbocycles. The molecule has 0 saturated heterocycles. The summed E-state index contributed by atoms with van der Waals surface area (Å²) in [5, 5.41) is 13.1. The van der Waals surface area contributed by atoms with Crippen molar-refractivity contribution in [2.24, 2.45) is 10.7 Å². The van der Waals surface area contributed by atoms with Crippen LogP contribution in [0.5, 0.6) is 0 Å². The number of hydrogen-bond acceptors (Lipinski definition) is 2. The zero-order valence-electron chi connectivity index (χ0n) is 14.2. The molecule has 0 radical (unpaired) electrons. The molecule has 0 aromatic heterocycles. The first-order valence-corrected chi connectivity index (χ1v) is 8.94. The second kappa shape index (κ2) is 9.56. The Hall–Kier alpha value is -1.55. The van der Waals surface area contributed by atoms with E-state index in [1.54, 1.807) is 0 Å². The summed E-state index contributed by atoms with van der Waals surface area (Å²) in [6.45, 7) is 2.44. The zero-order chi connectivity index (χ0) is 16.5. The summed E-state index contributed by atoms with van der Waals surface area (Å²) in [7, 11) is 0. The molecule has 2 atom stereocenters. The van der Waals surface area contributed by atoms with Crippen molar-refractivity contribution in [2.45, 2.75) is 69.9 Å². The third-order valence-corrected chi connectivity index (χ3v) is 4.59. The number of benzene rings is 1. The summed E-state index contributed by atoms with van der Waals surface area (Å²) >= 11 is 0. The average molecular weight is 317 g/mol. The van der Waals surface area contributed by atoms with Crippen LogP contribution in [0.2, 0.25) is 0 Å². The molecule has 0 spiro atoms. The monoisotopic (exact) mass is 317 g/mol. The molecule has 128 valence electrons. The maximum Gasteiger partial charge on any atom is 0.188 e. The van der Waals surface area contributed by atoms with Crippen LogP contribution in [0.1, 0.15) is 63.4 Å². The second-order valence-corrected chi connectivity index (χ2v) is 6.75. The molecule has 4 nitrogen and oxygen atoms in total. The lowest BCUT2D eigenvalue weighted by atomic mass is 9.93. The molecule has 23 heavy (non-hydrogen) atoms. The third kappa shape index (κ3) is 6.61. The van der Waals surface area contributed by atoms with E-state index in [2.05, 4.69) is 22.4 Å². The van der Waals surface area contributed by atoms with Crippen LogP contribution in [0.25, 0.3) is 0 Å². The van der Waals surface area contributed by atoms with Gasteiger partial charge in [0.1, 0.15) is 0 Å². The van der Waals surface area contributed by atoms with Gasteiger partial charge < -0.3 is 16.2 Å². The van der Waals surface area contributed by atoms with Crippen molar-refractivity contribution >= 4 is 5.96 Å². The fraction of sp³-hybridized carbons (Fsp3) is 0.632. The Morgan fingerprint density at radius 2 is 1.87 bits per heavy atom. The van der Waals surface area contributed by atoms with Crippen LogP contribution in [0.4, 0.5) is 0 Å². The smallest absolute Gasteiger partial charge is 0.188 e. The Bertz CT molecular complexity index is 465. The van der Waals surface area contributed by atoms with Crippen LogP contribution in [0, 0.1) is 0 Å². The molecule has 0 aliphatic heterocycles. The van der Waals surface area contributed by atoms with Crippen molar-refractivity contribution in [3.8, 4) is 0 Å². The van der Waals surface area contributed by atoms with E-state index in [1.807, 2.05) is 25.1 Å². The molecule has 4 N–H and O–H groups in total. The molecule has 1 aromatic rings. The van der Waals surface area contributed by atoms with Gasteiger partial charge in [-0.15, -0.1) is 0 Å². The van der Waals surface area contributed by atoms with Crippen molar-refractivity contribution < 1.29 is 5.11 Å². The van der Waals surface area contributed by atoms with E-state index in [1.165, 1.54) is 44.1 Å². The van der Waals surface area contributed by atoms with Crippen molar-refractivity contribution in [3.05, 3.63) is 35.9 Å². The minimum Gasteiger partial charge on any atom is -0.393 e. The summed E-state index contributed by atoms with van der Waals surface area (Å²) in [5.41, 5.74) is 7.30. The van der Waals surface area contributed by atoms with Crippen LogP contribution in [-0.4, -0.2) is 29.8 Å². The number of nitrogens with one attached hydrogen (secondary N) is 1. The van der Waals surface area contributed by atoms with E-state index in [0.29, 0.717) is 25.0 Å². The second-order valence-electron chi connectivity index (χ2n) is 6.75. The highest BCUT2D eigenvalue weighted by Gasteiger charge is 2.15. The van der Waals surface area contributed by atoms with Gasteiger partial charge in [0.05, 0.1) is 6.10 Å². The predicted molar refractivity (Wildman–Crippen MR) is 96.6 cm³/mol. The largest absolute Gasteiger partial charge is 0.393 e. The SMILES string of the molecule is CC(O)CC(CN=C(N)NC1CCCCCC1)c1ccccc1. The molecular weight excluding hydrogens is 286 g/mol. The molecule has 0 amide bonds. The number of aliphatic hydroxyl groups is 1. The number of aliphatic imine (C=N–C) groups is 1. The van der Waals surface area contributed by atoms with E-state index in [-0.39, 0.29) is 12.0 Å². The molecule has 1 saturated carbocycles. The number of hydrogen-bond donors (Lipinski definition) is 3. The van der Waals surface area contributed by atoms with Gasteiger partial charge in [-0.2, -0.15) is 0 Å². The number of nitrogens with two attached hydrogens (primary N) is 1.